The Kier molecular flexibility index (Phi) is 8.42. The molecule has 0 bridgehead atoms. The van der Waals surface area contributed by atoms with E-state index in [9.17, 15) is 0 Å². The highest BCUT2D eigenvalue weighted by Crippen LogP contribution is 2.17. The minimum Gasteiger partial charge on any atom is -0.356 e. The van der Waals surface area contributed by atoms with Gasteiger partial charge in [-0.15, -0.1) is 10.2 Å². The Morgan fingerprint density at radius 3 is 2.71 bits per heavy atom. The summed E-state index contributed by atoms with van der Waals surface area (Å²) in [6.07, 6.45) is 11.1. The van der Waals surface area contributed by atoms with Crippen LogP contribution in [0.4, 0.5) is 0 Å². The predicted octanol–water partition coefficient (Wildman–Crippen LogP) is 2.63. The predicted molar refractivity (Wildman–Crippen MR) is 103 cm³/mol. The fourth-order valence-electron chi connectivity index (χ4n) is 2.91. The van der Waals surface area contributed by atoms with Gasteiger partial charge in [0, 0.05) is 19.6 Å². The standard InChI is InChI=1S/C17H32N6S/c1-14-21-22-16(23(14)2)13-19-17(18-11-7-8-12-24-3)20-15-9-5-4-6-10-15/h15H,4-13H2,1-3H3,(H2,18,19,20). The molecule has 1 aromatic rings. The molecule has 1 aliphatic carbocycles. The highest BCUT2D eigenvalue weighted by Gasteiger charge is 2.14. The third-order valence-electron chi connectivity index (χ3n) is 4.58. The van der Waals surface area contributed by atoms with E-state index < -0.39 is 0 Å². The van der Waals surface area contributed by atoms with Crippen LogP contribution in [0.25, 0.3) is 0 Å². The van der Waals surface area contributed by atoms with Crippen molar-refractivity contribution in [3.8, 4) is 0 Å². The van der Waals surface area contributed by atoms with E-state index in [1.54, 1.807) is 0 Å². The van der Waals surface area contributed by atoms with E-state index in [2.05, 4.69) is 27.1 Å². The van der Waals surface area contributed by atoms with Crippen molar-refractivity contribution >= 4 is 17.7 Å². The second-order valence-electron chi connectivity index (χ2n) is 6.49. The molecule has 1 saturated carbocycles. The van der Waals surface area contributed by atoms with Crippen LogP contribution in [-0.4, -0.2) is 45.3 Å². The van der Waals surface area contributed by atoms with Gasteiger partial charge >= 0.3 is 0 Å². The first kappa shape index (κ1) is 19.1. The Hall–Kier alpha value is -1.24. The molecule has 1 aromatic heterocycles. The summed E-state index contributed by atoms with van der Waals surface area (Å²) in [5.41, 5.74) is 0. The van der Waals surface area contributed by atoms with E-state index in [-0.39, 0.29) is 0 Å². The lowest BCUT2D eigenvalue weighted by atomic mass is 9.96. The van der Waals surface area contributed by atoms with Crippen LogP contribution < -0.4 is 10.6 Å². The third-order valence-corrected chi connectivity index (χ3v) is 5.27. The summed E-state index contributed by atoms with van der Waals surface area (Å²) < 4.78 is 2.00. The summed E-state index contributed by atoms with van der Waals surface area (Å²) >= 11 is 1.91. The van der Waals surface area contributed by atoms with Gasteiger partial charge in [-0.25, -0.2) is 4.99 Å². The largest absolute Gasteiger partial charge is 0.356 e. The van der Waals surface area contributed by atoms with Gasteiger partial charge in [-0.2, -0.15) is 11.8 Å². The average molecular weight is 353 g/mol. The Labute approximate surface area is 150 Å². The minimum absolute atomic E-state index is 0.553. The first-order valence-electron chi connectivity index (χ1n) is 9.09. The molecule has 6 nitrogen and oxygen atoms in total. The zero-order chi connectivity index (χ0) is 17.2. The van der Waals surface area contributed by atoms with Gasteiger partial charge < -0.3 is 15.2 Å². The summed E-state index contributed by atoms with van der Waals surface area (Å²) in [5, 5.41) is 15.4. The molecule has 1 fully saturated rings. The van der Waals surface area contributed by atoms with Crippen LogP contribution in [0, 0.1) is 6.92 Å². The van der Waals surface area contributed by atoms with Crippen molar-refractivity contribution in [1.82, 2.24) is 25.4 Å². The highest BCUT2D eigenvalue weighted by atomic mass is 32.2. The SMILES string of the molecule is CSCCCCNC(=NCc1nnc(C)n1C)NC1CCCCC1. The van der Waals surface area contributed by atoms with Gasteiger partial charge in [-0.05, 0) is 44.6 Å². The number of thioether (sulfide) groups is 1. The average Bonchev–Trinajstić information content (AvgIpc) is 2.92. The number of rotatable bonds is 8. The molecule has 2 rings (SSSR count). The van der Waals surface area contributed by atoms with Gasteiger partial charge in [0.1, 0.15) is 12.4 Å². The van der Waals surface area contributed by atoms with E-state index in [0.29, 0.717) is 12.6 Å². The quantitative estimate of drug-likeness (QED) is 0.428. The molecule has 0 radical (unpaired) electrons. The van der Waals surface area contributed by atoms with Gasteiger partial charge in [0.25, 0.3) is 0 Å². The molecule has 7 heteroatoms. The number of aromatic nitrogens is 3. The maximum absolute atomic E-state index is 4.75. The van der Waals surface area contributed by atoms with Crippen molar-refractivity contribution in [3.05, 3.63) is 11.6 Å². The summed E-state index contributed by atoms with van der Waals surface area (Å²) in [4.78, 5) is 4.75. The summed E-state index contributed by atoms with van der Waals surface area (Å²) in [7, 11) is 1.99. The molecule has 0 saturated heterocycles. The number of nitrogens with one attached hydrogen (secondary N) is 2. The van der Waals surface area contributed by atoms with Gasteiger partial charge in [-0.3, -0.25) is 0 Å². The maximum atomic E-state index is 4.75. The van der Waals surface area contributed by atoms with Crippen LogP contribution in [-0.2, 0) is 13.6 Å². The van der Waals surface area contributed by atoms with Gasteiger partial charge in [0.05, 0.1) is 0 Å². The zero-order valence-electron chi connectivity index (χ0n) is 15.3. The van der Waals surface area contributed by atoms with E-state index in [4.69, 9.17) is 4.99 Å². The van der Waals surface area contributed by atoms with Crippen LogP contribution >= 0.6 is 11.8 Å². The van der Waals surface area contributed by atoms with Crippen molar-refractivity contribution < 1.29 is 0 Å². The van der Waals surface area contributed by atoms with Crippen molar-refractivity contribution in [2.75, 3.05) is 18.6 Å². The van der Waals surface area contributed by atoms with Crippen LogP contribution in [0.5, 0.6) is 0 Å². The van der Waals surface area contributed by atoms with Gasteiger partial charge in [0.15, 0.2) is 11.8 Å². The Bertz CT molecular complexity index is 507. The highest BCUT2D eigenvalue weighted by molar-refractivity contribution is 7.98. The van der Waals surface area contributed by atoms with E-state index in [1.165, 1.54) is 50.7 Å². The molecule has 0 atom stereocenters. The fraction of sp³-hybridized carbons (Fsp3) is 0.824. The molecule has 1 aliphatic rings. The minimum atomic E-state index is 0.553. The second-order valence-corrected chi connectivity index (χ2v) is 7.48. The Morgan fingerprint density at radius 2 is 2.04 bits per heavy atom. The number of hydrogen-bond acceptors (Lipinski definition) is 4. The number of aliphatic imine (C=N–C) groups is 1. The van der Waals surface area contributed by atoms with Crippen molar-refractivity contribution in [2.24, 2.45) is 12.0 Å². The molecule has 2 N–H and O–H groups in total. The van der Waals surface area contributed by atoms with Crippen molar-refractivity contribution in [3.63, 3.8) is 0 Å². The smallest absolute Gasteiger partial charge is 0.191 e. The zero-order valence-corrected chi connectivity index (χ0v) is 16.2. The molecular formula is C17H32N6S. The Morgan fingerprint density at radius 1 is 1.25 bits per heavy atom. The number of aryl methyl sites for hydroxylation is 1. The molecular weight excluding hydrogens is 320 g/mol. The number of hydrogen-bond donors (Lipinski definition) is 2. The van der Waals surface area contributed by atoms with Crippen LogP contribution in [0.3, 0.4) is 0 Å². The summed E-state index contributed by atoms with van der Waals surface area (Å²) in [6.45, 7) is 3.49. The maximum Gasteiger partial charge on any atom is 0.191 e. The first-order chi connectivity index (χ1) is 11.7. The van der Waals surface area contributed by atoms with Crippen LogP contribution in [0.15, 0.2) is 4.99 Å². The number of guanidine groups is 1. The fourth-order valence-corrected chi connectivity index (χ4v) is 3.40. The van der Waals surface area contributed by atoms with Gasteiger partial charge in [-0.1, -0.05) is 19.3 Å². The lowest BCUT2D eigenvalue weighted by Gasteiger charge is -2.25. The summed E-state index contributed by atoms with van der Waals surface area (Å²) in [6, 6.07) is 0.553. The summed E-state index contributed by atoms with van der Waals surface area (Å²) in [5.74, 6) is 3.97. The van der Waals surface area contributed by atoms with Crippen molar-refractivity contribution in [2.45, 2.75) is 64.5 Å². The van der Waals surface area contributed by atoms with Crippen LogP contribution in [0.1, 0.15) is 56.6 Å². The van der Waals surface area contributed by atoms with Crippen LogP contribution in [0.2, 0.25) is 0 Å². The van der Waals surface area contributed by atoms with E-state index in [1.807, 2.05) is 30.3 Å². The Balaban J connectivity index is 1.89. The molecule has 0 amide bonds. The lowest BCUT2D eigenvalue weighted by molar-refractivity contribution is 0.409. The van der Waals surface area contributed by atoms with Crippen molar-refractivity contribution in [1.29, 1.82) is 0 Å². The lowest BCUT2D eigenvalue weighted by Crippen LogP contribution is -2.44. The van der Waals surface area contributed by atoms with Gasteiger partial charge in [0.2, 0.25) is 0 Å². The topological polar surface area (TPSA) is 67.1 Å². The number of nitrogens with zero attached hydrogens (tertiary/aromatic N) is 4. The molecule has 0 spiro atoms. The molecule has 0 unspecified atom stereocenters. The van der Waals surface area contributed by atoms with E-state index >= 15 is 0 Å². The second kappa shape index (κ2) is 10.6. The normalized spacial score (nSPS) is 16.4. The molecule has 0 aliphatic heterocycles. The molecule has 0 aromatic carbocycles. The van der Waals surface area contributed by atoms with E-state index in [0.717, 1.165) is 24.2 Å². The first-order valence-corrected chi connectivity index (χ1v) is 10.5. The molecule has 136 valence electrons. The molecule has 1 heterocycles. The monoisotopic (exact) mass is 352 g/mol. The molecule has 24 heavy (non-hydrogen) atoms. The number of unbranched alkanes of at least 4 members (excludes halogenated alkanes) is 1. The third kappa shape index (κ3) is 6.34.